The lowest BCUT2D eigenvalue weighted by Crippen LogP contribution is -2.40. The molecule has 1 radical (unpaired) electrons. The highest BCUT2D eigenvalue weighted by molar-refractivity contribution is 5.81. The van der Waals surface area contributed by atoms with Gasteiger partial charge in [0, 0.05) is 6.54 Å². The second-order valence-corrected chi connectivity index (χ2v) is 2.33. The second-order valence-electron chi connectivity index (χ2n) is 2.33. The van der Waals surface area contributed by atoms with Crippen molar-refractivity contribution in [1.82, 2.24) is 5.32 Å². The van der Waals surface area contributed by atoms with Gasteiger partial charge in [0.2, 0.25) is 5.91 Å². The van der Waals surface area contributed by atoms with Crippen molar-refractivity contribution >= 4 is 5.91 Å². The molecule has 0 spiro atoms. The molecule has 0 saturated heterocycles. The summed E-state index contributed by atoms with van der Waals surface area (Å²) in [7, 11) is 0. The summed E-state index contributed by atoms with van der Waals surface area (Å²) in [4.78, 5) is 10.9. The highest BCUT2D eigenvalue weighted by Gasteiger charge is 2.10. The predicted molar refractivity (Wildman–Crippen MR) is 44.6 cm³/mol. The molecule has 1 amide bonds. The summed E-state index contributed by atoms with van der Waals surface area (Å²) < 4.78 is 0. The van der Waals surface area contributed by atoms with Crippen molar-refractivity contribution in [2.45, 2.75) is 18.9 Å². The maximum atomic E-state index is 10.9. The number of carbonyl (C=O) groups is 1. The van der Waals surface area contributed by atoms with Gasteiger partial charge < -0.3 is 16.8 Å². The normalized spacial score (nSPS) is 12.6. The molecule has 4 heteroatoms. The zero-order valence-corrected chi connectivity index (χ0v) is 6.68. The molecule has 0 heterocycles. The third-order valence-corrected chi connectivity index (χ3v) is 1.36. The van der Waals surface area contributed by atoms with Crippen molar-refractivity contribution in [3.63, 3.8) is 0 Å². The van der Waals surface area contributed by atoms with E-state index >= 15 is 0 Å². The molecule has 4 nitrogen and oxygen atoms in total. The number of carbonyl (C=O) groups excluding carboxylic acids is 1. The molecule has 0 unspecified atom stereocenters. The van der Waals surface area contributed by atoms with E-state index in [0.717, 1.165) is 6.42 Å². The van der Waals surface area contributed by atoms with Gasteiger partial charge in [0.1, 0.15) is 0 Å². The van der Waals surface area contributed by atoms with E-state index in [-0.39, 0.29) is 5.91 Å². The number of hydrogen-bond donors (Lipinski definition) is 3. The molecule has 0 fully saturated rings. The molecule has 1 atom stereocenters. The monoisotopic (exact) mass is 158 g/mol. The molecule has 5 N–H and O–H groups in total. The van der Waals surface area contributed by atoms with Crippen LogP contribution in [0.25, 0.3) is 0 Å². The third kappa shape index (κ3) is 4.75. The molecule has 0 rings (SSSR count). The van der Waals surface area contributed by atoms with Crippen LogP contribution in [0.15, 0.2) is 0 Å². The van der Waals surface area contributed by atoms with E-state index in [2.05, 4.69) is 12.2 Å². The highest BCUT2D eigenvalue weighted by Crippen LogP contribution is 1.91. The first kappa shape index (κ1) is 10.4. The van der Waals surface area contributed by atoms with Gasteiger partial charge in [0.15, 0.2) is 0 Å². The highest BCUT2D eigenvalue weighted by atomic mass is 16.2. The summed E-state index contributed by atoms with van der Waals surface area (Å²) in [6, 6.07) is -0.430. The van der Waals surface area contributed by atoms with Crippen LogP contribution in [0.1, 0.15) is 12.8 Å². The van der Waals surface area contributed by atoms with Crippen molar-refractivity contribution in [3.05, 3.63) is 6.92 Å². The van der Waals surface area contributed by atoms with E-state index in [1.165, 1.54) is 0 Å². The zero-order chi connectivity index (χ0) is 8.69. The van der Waals surface area contributed by atoms with Gasteiger partial charge in [0.05, 0.1) is 6.04 Å². The van der Waals surface area contributed by atoms with Crippen LogP contribution in [-0.2, 0) is 4.79 Å². The number of hydrogen-bond acceptors (Lipinski definition) is 3. The lowest BCUT2D eigenvalue weighted by Gasteiger charge is -2.09. The maximum Gasteiger partial charge on any atom is 0.236 e. The smallest absolute Gasteiger partial charge is 0.236 e. The van der Waals surface area contributed by atoms with Gasteiger partial charge >= 0.3 is 0 Å². The van der Waals surface area contributed by atoms with Crippen molar-refractivity contribution in [1.29, 1.82) is 0 Å². The molecular formula is C7H16N3O. The molecule has 0 aromatic rings. The minimum absolute atomic E-state index is 0.145. The first-order valence-electron chi connectivity index (χ1n) is 3.75. The summed E-state index contributed by atoms with van der Waals surface area (Å²) in [6.45, 7) is 4.43. The predicted octanol–water partition coefficient (Wildman–Crippen LogP) is -0.997. The molecule has 65 valence electrons. The first-order valence-corrected chi connectivity index (χ1v) is 3.75. The van der Waals surface area contributed by atoms with Crippen LogP contribution >= 0.6 is 0 Å². The Bertz CT molecular complexity index is 116. The van der Waals surface area contributed by atoms with Gasteiger partial charge in [-0.05, 0) is 26.3 Å². The Labute approximate surface area is 67.3 Å². The largest absolute Gasteiger partial charge is 0.355 e. The summed E-state index contributed by atoms with van der Waals surface area (Å²) in [5.41, 5.74) is 10.7. The molecule has 0 aromatic heterocycles. The Balaban J connectivity index is 3.46. The lowest BCUT2D eigenvalue weighted by molar-refractivity contribution is -0.122. The number of amides is 1. The van der Waals surface area contributed by atoms with Crippen molar-refractivity contribution < 1.29 is 4.79 Å². The number of rotatable bonds is 5. The summed E-state index contributed by atoms with van der Waals surface area (Å²) >= 11 is 0. The molecule has 0 aliphatic carbocycles. The topological polar surface area (TPSA) is 81.1 Å². The van der Waals surface area contributed by atoms with Crippen molar-refractivity contribution in [3.8, 4) is 0 Å². The summed E-state index contributed by atoms with van der Waals surface area (Å²) in [5, 5.41) is 2.54. The van der Waals surface area contributed by atoms with Crippen LogP contribution in [0.3, 0.4) is 0 Å². The molecule has 0 saturated carbocycles. The van der Waals surface area contributed by atoms with E-state index in [4.69, 9.17) is 11.5 Å². The number of nitrogens with one attached hydrogen (secondary N) is 1. The van der Waals surface area contributed by atoms with E-state index in [1.54, 1.807) is 0 Å². The van der Waals surface area contributed by atoms with Crippen LogP contribution in [0.4, 0.5) is 0 Å². The van der Waals surface area contributed by atoms with Gasteiger partial charge in [0.25, 0.3) is 0 Å². The fraction of sp³-hybridized carbons (Fsp3) is 0.714. The van der Waals surface area contributed by atoms with Crippen LogP contribution < -0.4 is 16.8 Å². The van der Waals surface area contributed by atoms with E-state index in [0.29, 0.717) is 19.5 Å². The standard InChI is InChI=1S/C7H16N3O/c1-2-10-7(11)6(9)4-3-5-8/h6H,1-5,8-9H2,(H,10,11)/t6-/m1/s1. The van der Waals surface area contributed by atoms with Crippen LogP contribution in [0.5, 0.6) is 0 Å². The van der Waals surface area contributed by atoms with Crippen LogP contribution in [0.2, 0.25) is 0 Å². The van der Waals surface area contributed by atoms with E-state index in [9.17, 15) is 4.79 Å². The third-order valence-electron chi connectivity index (χ3n) is 1.36. The van der Waals surface area contributed by atoms with E-state index < -0.39 is 6.04 Å². The zero-order valence-electron chi connectivity index (χ0n) is 6.68. The van der Waals surface area contributed by atoms with Gasteiger partial charge in [-0.3, -0.25) is 4.79 Å². The van der Waals surface area contributed by atoms with E-state index in [1.807, 2.05) is 0 Å². The Morgan fingerprint density at radius 2 is 2.27 bits per heavy atom. The summed E-state index contributed by atoms with van der Waals surface area (Å²) in [6.07, 6.45) is 1.42. The Kier molecular flexibility index (Phi) is 5.78. The summed E-state index contributed by atoms with van der Waals surface area (Å²) in [5.74, 6) is -0.145. The first-order chi connectivity index (χ1) is 5.22. The van der Waals surface area contributed by atoms with Crippen molar-refractivity contribution in [2.24, 2.45) is 11.5 Å². The minimum atomic E-state index is -0.430. The average Bonchev–Trinajstić information content (AvgIpc) is 2.00. The molecule has 0 aromatic carbocycles. The van der Waals surface area contributed by atoms with Crippen molar-refractivity contribution in [2.75, 3.05) is 13.1 Å². The molecule has 0 bridgehead atoms. The van der Waals surface area contributed by atoms with Gasteiger partial charge in [-0.2, -0.15) is 0 Å². The minimum Gasteiger partial charge on any atom is -0.355 e. The molecular weight excluding hydrogens is 142 g/mol. The fourth-order valence-electron chi connectivity index (χ4n) is 0.723. The van der Waals surface area contributed by atoms with Crippen LogP contribution in [0, 0.1) is 6.92 Å². The average molecular weight is 158 g/mol. The van der Waals surface area contributed by atoms with Gasteiger partial charge in [-0.15, -0.1) is 0 Å². The fourth-order valence-corrected chi connectivity index (χ4v) is 0.723. The molecule has 0 aliphatic heterocycles. The quantitative estimate of drug-likeness (QED) is 0.480. The van der Waals surface area contributed by atoms with Crippen LogP contribution in [-0.4, -0.2) is 25.0 Å². The SMILES string of the molecule is [CH2]CNC(=O)[C@H](N)CCCN. The van der Waals surface area contributed by atoms with Gasteiger partial charge in [-0.1, -0.05) is 0 Å². The Hall–Kier alpha value is -0.610. The Morgan fingerprint density at radius 1 is 1.64 bits per heavy atom. The lowest BCUT2D eigenvalue weighted by atomic mass is 10.1. The molecule has 0 aliphatic rings. The number of nitrogens with two attached hydrogens (primary N) is 2. The second kappa shape index (κ2) is 6.12. The van der Waals surface area contributed by atoms with Gasteiger partial charge in [-0.25, -0.2) is 0 Å². The Morgan fingerprint density at radius 3 is 2.73 bits per heavy atom. The maximum absolute atomic E-state index is 10.9. The molecule has 11 heavy (non-hydrogen) atoms.